The molecule has 1 aliphatic rings. The number of nitro groups is 1. The third-order valence-corrected chi connectivity index (χ3v) is 3.69. The predicted molar refractivity (Wildman–Crippen MR) is 65.3 cm³/mol. The third-order valence-electron chi connectivity index (χ3n) is 3.69. The Morgan fingerprint density at radius 2 is 2.00 bits per heavy atom. The van der Waals surface area contributed by atoms with Crippen molar-refractivity contribution in [1.82, 2.24) is 0 Å². The Kier molecular flexibility index (Phi) is 3.07. The number of nitrogens with zero attached hydrogens (tertiary/aromatic N) is 1. The van der Waals surface area contributed by atoms with Gasteiger partial charge in [-0.2, -0.15) is 0 Å². The summed E-state index contributed by atoms with van der Waals surface area (Å²) in [5.41, 5.74) is 0.107. The molecule has 5 heteroatoms. The Bertz CT molecular complexity index is 478. The average molecular weight is 249 g/mol. The number of rotatable bonds is 5. The van der Waals surface area contributed by atoms with Gasteiger partial charge in [-0.15, -0.1) is 0 Å². The van der Waals surface area contributed by atoms with Gasteiger partial charge < -0.3 is 5.11 Å². The number of hydrogen-bond acceptors (Lipinski definition) is 3. The first-order chi connectivity index (χ1) is 8.43. The van der Waals surface area contributed by atoms with E-state index in [4.69, 9.17) is 0 Å². The molecule has 0 amide bonds. The van der Waals surface area contributed by atoms with Crippen LogP contribution in [0.1, 0.15) is 25.3 Å². The van der Waals surface area contributed by atoms with Gasteiger partial charge in [-0.05, 0) is 37.7 Å². The zero-order valence-corrected chi connectivity index (χ0v) is 10.1. The second-order valence-corrected chi connectivity index (χ2v) is 5.10. The Hall–Kier alpha value is -1.91. The van der Waals surface area contributed by atoms with Gasteiger partial charge in [0, 0.05) is 12.1 Å². The highest BCUT2D eigenvalue weighted by Crippen LogP contribution is 2.47. The smallest absolute Gasteiger partial charge is 0.309 e. The van der Waals surface area contributed by atoms with E-state index in [9.17, 15) is 20.0 Å². The van der Waals surface area contributed by atoms with Crippen molar-refractivity contribution in [1.29, 1.82) is 0 Å². The summed E-state index contributed by atoms with van der Waals surface area (Å²) in [4.78, 5) is 21.5. The van der Waals surface area contributed by atoms with Gasteiger partial charge in [-0.1, -0.05) is 12.1 Å². The van der Waals surface area contributed by atoms with Gasteiger partial charge in [0.15, 0.2) is 0 Å². The first kappa shape index (κ1) is 12.5. The summed E-state index contributed by atoms with van der Waals surface area (Å²) in [6, 6.07) is 6.12. The van der Waals surface area contributed by atoms with Crippen LogP contribution in [0, 0.1) is 21.4 Å². The van der Waals surface area contributed by atoms with Crippen LogP contribution in [0.25, 0.3) is 0 Å². The fraction of sp³-hybridized carbons (Fsp3) is 0.462. The molecule has 0 aromatic heterocycles. The number of aliphatic carboxylic acids is 1. The second kappa shape index (κ2) is 4.40. The average Bonchev–Trinajstić information content (AvgIpc) is 3.13. The third kappa shape index (κ3) is 2.34. The van der Waals surface area contributed by atoms with Crippen molar-refractivity contribution >= 4 is 11.7 Å². The summed E-state index contributed by atoms with van der Waals surface area (Å²) >= 11 is 0. The summed E-state index contributed by atoms with van der Waals surface area (Å²) in [6.45, 7) is 1.76. The van der Waals surface area contributed by atoms with E-state index < -0.39 is 16.3 Å². The molecule has 0 saturated heterocycles. The summed E-state index contributed by atoms with van der Waals surface area (Å²) in [5.74, 6) is -0.562. The molecule has 5 nitrogen and oxygen atoms in total. The molecule has 1 N–H and O–H groups in total. The zero-order chi connectivity index (χ0) is 13.3. The number of non-ortho nitro benzene ring substituents is 1. The van der Waals surface area contributed by atoms with E-state index in [1.54, 1.807) is 19.1 Å². The normalized spacial score (nSPS) is 18.1. The summed E-state index contributed by atoms with van der Waals surface area (Å²) in [5, 5.41) is 19.9. The van der Waals surface area contributed by atoms with Crippen LogP contribution in [-0.4, -0.2) is 16.0 Å². The molecule has 0 aliphatic heterocycles. The minimum absolute atomic E-state index is 0.0298. The van der Waals surface area contributed by atoms with Crippen LogP contribution >= 0.6 is 0 Å². The zero-order valence-electron chi connectivity index (χ0n) is 10.1. The second-order valence-electron chi connectivity index (χ2n) is 5.10. The molecule has 1 fully saturated rings. The highest BCUT2D eigenvalue weighted by atomic mass is 16.6. The largest absolute Gasteiger partial charge is 0.481 e. The van der Waals surface area contributed by atoms with Gasteiger partial charge in [-0.3, -0.25) is 14.9 Å². The van der Waals surface area contributed by atoms with Crippen molar-refractivity contribution in [3.05, 3.63) is 39.9 Å². The summed E-state index contributed by atoms with van der Waals surface area (Å²) in [6.07, 6.45) is 2.33. The Morgan fingerprint density at radius 3 is 2.39 bits per heavy atom. The topological polar surface area (TPSA) is 80.4 Å². The molecular formula is C13H15NO4. The molecule has 0 radical (unpaired) electrons. The van der Waals surface area contributed by atoms with E-state index in [-0.39, 0.29) is 11.6 Å². The SMILES string of the molecule is CC(Cc1ccc([N+](=O)[O-])cc1)(C(=O)O)C1CC1. The minimum Gasteiger partial charge on any atom is -0.481 e. The molecule has 1 aliphatic carbocycles. The fourth-order valence-corrected chi connectivity index (χ4v) is 2.27. The van der Waals surface area contributed by atoms with Gasteiger partial charge in [0.1, 0.15) is 0 Å². The predicted octanol–water partition coefficient (Wildman–Crippen LogP) is 2.64. The lowest BCUT2D eigenvalue weighted by Gasteiger charge is -2.24. The van der Waals surface area contributed by atoms with Crippen LogP contribution in [0.15, 0.2) is 24.3 Å². The van der Waals surface area contributed by atoms with E-state index in [0.29, 0.717) is 6.42 Å². The monoisotopic (exact) mass is 249 g/mol. The van der Waals surface area contributed by atoms with Gasteiger partial charge in [0.25, 0.3) is 5.69 Å². The van der Waals surface area contributed by atoms with E-state index in [1.807, 2.05) is 0 Å². The van der Waals surface area contributed by atoms with Crippen LogP contribution in [0.3, 0.4) is 0 Å². The summed E-state index contributed by atoms with van der Waals surface area (Å²) < 4.78 is 0. The van der Waals surface area contributed by atoms with Crippen molar-refractivity contribution in [2.24, 2.45) is 11.3 Å². The molecule has 0 bridgehead atoms. The fourth-order valence-electron chi connectivity index (χ4n) is 2.27. The van der Waals surface area contributed by atoms with Gasteiger partial charge in [-0.25, -0.2) is 0 Å². The highest BCUT2D eigenvalue weighted by molar-refractivity contribution is 5.75. The number of nitro benzene ring substituents is 1. The molecule has 18 heavy (non-hydrogen) atoms. The molecule has 1 aromatic carbocycles. The quantitative estimate of drug-likeness (QED) is 0.642. The van der Waals surface area contributed by atoms with Gasteiger partial charge in [0.05, 0.1) is 10.3 Å². The van der Waals surface area contributed by atoms with Crippen LogP contribution < -0.4 is 0 Å². The lowest BCUT2D eigenvalue weighted by Crippen LogP contribution is -2.32. The maximum Gasteiger partial charge on any atom is 0.309 e. The minimum atomic E-state index is -0.789. The van der Waals surface area contributed by atoms with Gasteiger partial charge in [0.2, 0.25) is 0 Å². The first-order valence-electron chi connectivity index (χ1n) is 5.90. The Morgan fingerprint density at radius 1 is 1.44 bits per heavy atom. The van der Waals surface area contributed by atoms with Gasteiger partial charge >= 0.3 is 5.97 Å². The molecule has 2 rings (SSSR count). The number of carbonyl (C=O) groups is 1. The van der Waals surface area contributed by atoms with Crippen LogP contribution in [0.4, 0.5) is 5.69 Å². The van der Waals surface area contributed by atoms with E-state index >= 15 is 0 Å². The molecule has 96 valence electrons. The van der Waals surface area contributed by atoms with Crippen molar-refractivity contribution in [3.63, 3.8) is 0 Å². The molecule has 1 atom stereocenters. The standard InChI is InChI=1S/C13H15NO4/c1-13(12(15)16,10-4-5-10)8-9-2-6-11(7-3-9)14(17)18/h2-3,6-7,10H,4-5,8H2,1H3,(H,15,16). The van der Waals surface area contributed by atoms with Crippen molar-refractivity contribution in [3.8, 4) is 0 Å². The Balaban J connectivity index is 2.17. The van der Waals surface area contributed by atoms with Crippen molar-refractivity contribution in [2.45, 2.75) is 26.2 Å². The van der Waals surface area contributed by atoms with Crippen LogP contribution in [-0.2, 0) is 11.2 Å². The van der Waals surface area contributed by atoms with Crippen LogP contribution in [0.2, 0.25) is 0 Å². The molecule has 0 spiro atoms. The number of hydrogen-bond donors (Lipinski definition) is 1. The molecule has 1 unspecified atom stereocenters. The number of carboxylic acids is 1. The van der Waals surface area contributed by atoms with E-state index in [0.717, 1.165) is 18.4 Å². The van der Waals surface area contributed by atoms with Crippen LogP contribution in [0.5, 0.6) is 0 Å². The molecule has 0 heterocycles. The lowest BCUT2D eigenvalue weighted by atomic mass is 9.79. The lowest BCUT2D eigenvalue weighted by molar-refractivity contribution is -0.384. The van der Waals surface area contributed by atoms with Crippen molar-refractivity contribution in [2.75, 3.05) is 0 Å². The first-order valence-corrected chi connectivity index (χ1v) is 5.90. The Labute approximate surface area is 105 Å². The maximum atomic E-state index is 11.4. The van der Waals surface area contributed by atoms with E-state index in [2.05, 4.69) is 0 Å². The maximum absolute atomic E-state index is 11.4. The highest BCUT2D eigenvalue weighted by Gasteiger charge is 2.47. The summed E-state index contributed by atoms with van der Waals surface area (Å²) in [7, 11) is 0. The van der Waals surface area contributed by atoms with Crippen molar-refractivity contribution < 1.29 is 14.8 Å². The number of benzene rings is 1. The number of carboxylic acid groups (broad SMARTS) is 1. The molecule has 1 aromatic rings. The molecular weight excluding hydrogens is 234 g/mol. The molecule has 1 saturated carbocycles. The van der Waals surface area contributed by atoms with E-state index in [1.165, 1.54) is 12.1 Å².